The summed E-state index contributed by atoms with van der Waals surface area (Å²) >= 11 is 0. The number of urea groups is 1. The molecule has 0 spiro atoms. The third-order valence-corrected chi connectivity index (χ3v) is 6.56. The number of rotatable bonds is 5. The van der Waals surface area contributed by atoms with Gasteiger partial charge in [0.2, 0.25) is 5.91 Å². The summed E-state index contributed by atoms with van der Waals surface area (Å²) in [5, 5.41) is 2.96. The largest absolute Gasteiger partial charge is 0.322 e. The zero-order valence-corrected chi connectivity index (χ0v) is 20.8. The molecule has 3 aromatic carbocycles. The topological polar surface area (TPSA) is 57.6 Å². The van der Waals surface area contributed by atoms with Gasteiger partial charge >= 0.3 is 6.03 Å². The Balaban J connectivity index is 1.51. The molecule has 1 aromatic heterocycles. The molecule has 2 heterocycles. The summed E-state index contributed by atoms with van der Waals surface area (Å²) in [4.78, 5) is 30.8. The van der Waals surface area contributed by atoms with Crippen LogP contribution in [0.2, 0.25) is 0 Å². The highest BCUT2D eigenvalue weighted by atomic mass is 16.2. The van der Waals surface area contributed by atoms with Crippen LogP contribution in [0.4, 0.5) is 16.2 Å². The van der Waals surface area contributed by atoms with Gasteiger partial charge in [0.25, 0.3) is 0 Å². The lowest BCUT2D eigenvalue weighted by Gasteiger charge is -2.40. The van der Waals surface area contributed by atoms with Gasteiger partial charge in [0.05, 0.1) is 17.1 Å². The van der Waals surface area contributed by atoms with Crippen molar-refractivity contribution < 1.29 is 9.59 Å². The molecule has 36 heavy (non-hydrogen) atoms. The number of para-hydroxylation sites is 2. The normalized spacial score (nSPS) is 14.2. The Morgan fingerprint density at radius 2 is 1.61 bits per heavy atom. The fraction of sp³-hybridized carbons (Fsp3) is 0.200. The number of nitrogens with one attached hydrogen (secondary N) is 1. The van der Waals surface area contributed by atoms with Crippen molar-refractivity contribution in [3.05, 3.63) is 114 Å². The van der Waals surface area contributed by atoms with Crippen molar-refractivity contribution in [1.29, 1.82) is 0 Å². The van der Waals surface area contributed by atoms with Gasteiger partial charge in [0.15, 0.2) is 0 Å². The summed E-state index contributed by atoms with van der Waals surface area (Å²) in [6.07, 6.45) is 2.03. The van der Waals surface area contributed by atoms with Crippen molar-refractivity contribution in [2.24, 2.45) is 0 Å². The maximum absolute atomic E-state index is 14.1. The van der Waals surface area contributed by atoms with E-state index in [-0.39, 0.29) is 30.6 Å². The monoisotopic (exact) mass is 478 g/mol. The molecule has 6 heteroatoms. The quantitative estimate of drug-likeness (QED) is 0.373. The van der Waals surface area contributed by atoms with Gasteiger partial charge in [-0.1, -0.05) is 54.6 Å². The molecule has 0 fully saturated rings. The van der Waals surface area contributed by atoms with Gasteiger partial charge < -0.3 is 14.8 Å². The SMILES string of the molecule is Cc1cccc(NC(=O)N(CC(=O)N2c3ccccc3-n3cccc3C2c2ccccc2)C(C)C)c1. The standard InChI is InChI=1S/C30H30N4O2/c1-21(2)33(30(36)31-24-14-9-11-22(3)19-24)20-28(35)34-26-16-8-7-15-25(26)32-18-10-17-27(32)29(34)23-12-5-4-6-13-23/h4-19,21,29H,20H2,1-3H3,(H,31,36). The van der Waals surface area contributed by atoms with Gasteiger partial charge in [-0.3, -0.25) is 9.69 Å². The van der Waals surface area contributed by atoms with E-state index < -0.39 is 0 Å². The second-order valence-corrected chi connectivity index (χ2v) is 9.39. The average Bonchev–Trinajstić information content (AvgIpc) is 3.36. The van der Waals surface area contributed by atoms with Crippen LogP contribution < -0.4 is 10.2 Å². The van der Waals surface area contributed by atoms with Crippen molar-refractivity contribution >= 4 is 23.3 Å². The number of hydrogen-bond acceptors (Lipinski definition) is 2. The Kier molecular flexibility index (Phi) is 6.34. The number of carbonyl (C=O) groups is 2. The lowest BCUT2D eigenvalue weighted by Crippen LogP contribution is -2.49. The third kappa shape index (κ3) is 4.38. The summed E-state index contributed by atoms with van der Waals surface area (Å²) < 4.78 is 2.14. The van der Waals surface area contributed by atoms with E-state index in [1.165, 1.54) is 0 Å². The molecule has 0 radical (unpaired) electrons. The van der Waals surface area contributed by atoms with Crippen LogP contribution in [-0.2, 0) is 4.79 Å². The number of hydrogen-bond donors (Lipinski definition) is 1. The van der Waals surface area contributed by atoms with Gasteiger partial charge in [0.1, 0.15) is 12.6 Å². The number of benzene rings is 3. The third-order valence-electron chi connectivity index (χ3n) is 6.56. The summed E-state index contributed by atoms with van der Waals surface area (Å²) in [7, 11) is 0. The predicted molar refractivity (Wildman–Crippen MR) is 144 cm³/mol. The van der Waals surface area contributed by atoms with E-state index in [0.717, 1.165) is 28.2 Å². The number of anilines is 2. The molecule has 0 bridgehead atoms. The molecule has 0 saturated heterocycles. The highest BCUT2D eigenvalue weighted by molar-refractivity contribution is 6.01. The van der Waals surface area contributed by atoms with Crippen molar-refractivity contribution in [3.8, 4) is 5.69 Å². The molecular formula is C30H30N4O2. The smallest absolute Gasteiger partial charge is 0.316 e. The first-order chi connectivity index (χ1) is 17.4. The Morgan fingerprint density at radius 1 is 0.889 bits per heavy atom. The van der Waals surface area contributed by atoms with Gasteiger partial charge in [-0.25, -0.2) is 4.79 Å². The zero-order chi connectivity index (χ0) is 25.2. The molecule has 4 aromatic rings. The fourth-order valence-electron chi connectivity index (χ4n) is 4.84. The highest BCUT2D eigenvalue weighted by Crippen LogP contribution is 2.42. The van der Waals surface area contributed by atoms with E-state index in [1.54, 1.807) is 4.90 Å². The van der Waals surface area contributed by atoms with Crippen LogP contribution in [0.15, 0.2) is 97.2 Å². The van der Waals surface area contributed by atoms with E-state index in [9.17, 15) is 9.59 Å². The van der Waals surface area contributed by atoms with Crippen LogP contribution in [0.3, 0.4) is 0 Å². The lowest BCUT2D eigenvalue weighted by atomic mass is 9.97. The molecule has 182 valence electrons. The summed E-state index contributed by atoms with van der Waals surface area (Å²) in [6.45, 7) is 5.78. The van der Waals surface area contributed by atoms with E-state index >= 15 is 0 Å². The first kappa shape index (κ1) is 23.4. The molecule has 1 aliphatic heterocycles. The summed E-state index contributed by atoms with van der Waals surface area (Å²) in [6, 6.07) is 28.9. The van der Waals surface area contributed by atoms with Crippen molar-refractivity contribution in [1.82, 2.24) is 9.47 Å². The van der Waals surface area contributed by atoms with Crippen LogP contribution in [0, 0.1) is 6.92 Å². The van der Waals surface area contributed by atoms with Gasteiger partial charge in [-0.2, -0.15) is 0 Å². The van der Waals surface area contributed by atoms with Crippen LogP contribution >= 0.6 is 0 Å². The first-order valence-electron chi connectivity index (χ1n) is 12.2. The Morgan fingerprint density at radius 3 is 2.33 bits per heavy atom. The summed E-state index contributed by atoms with van der Waals surface area (Å²) in [5.41, 5.74) is 5.55. The zero-order valence-electron chi connectivity index (χ0n) is 20.8. The molecule has 1 atom stereocenters. The highest BCUT2D eigenvalue weighted by Gasteiger charge is 2.37. The average molecular weight is 479 g/mol. The molecule has 0 aliphatic carbocycles. The van der Waals surface area contributed by atoms with E-state index in [2.05, 4.69) is 16.0 Å². The van der Waals surface area contributed by atoms with Crippen molar-refractivity contribution in [3.63, 3.8) is 0 Å². The Labute approximate surface area is 211 Å². The molecular weight excluding hydrogens is 448 g/mol. The van der Waals surface area contributed by atoms with Gasteiger partial charge in [0, 0.05) is 17.9 Å². The number of aromatic nitrogens is 1. The second-order valence-electron chi connectivity index (χ2n) is 9.39. The van der Waals surface area contributed by atoms with E-state index in [1.807, 2.05) is 117 Å². The Bertz CT molecular complexity index is 1390. The number of carbonyl (C=O) groups excluding carboxylic acids is 2. The van der Waals surface area contributed by atoms with Crippen molar-refractivity contribution in [2.45, 2.75) is 32.9 Å². The van der Waals surface area contributed by atoms with Gasteiger partial charge in [-0.15, -0.1) is 0 Å². The fourth-order valence-corrected chi connectivity index (χ4v) is 4.84. The number of aryl methyl sites for hydroxylation is 1. The van der Waals surface area contributed by atoms with Crippen LogP contribution in [0.5, 0.6) is 0 Å². The molecule has 6 nitrogen and oxygen atoms in total. The number of nitrogens with zero attached hydrogens (tertiary/aromatic N) is 3. The molecule has 3 amide bonds. The molecule has 1 aliphatic rings. The maximum atomic E-state index is 14.1. The Hall–Kier alpha value is -4.32. The van der Waals surface area contributed by atoms with E-state index in [4.69, 9.17) is 0 Å². The van der Waals surface area contributed by atoms with E-state index in [0.29, 0.717) is 5.69 Å². The number of amides is 3. The molecule has 5 rings (SSSR count). The van der Waals surface area contributed by atoms with Crippen LogP contribution in [0.1, 0.15) is 36.7 Å². The van der Waals surface area contributed by atoms with Crippen molar-refractivity contribution in [2.75, 3.05) is 16.8 Å². The second kappa shape index (κ2) is 9.74. The van der Waals surface area contributed by atoms with Crippen LogP contribution in [-0.4, -0.2) is 34.0 Å². The molecule has 1 unspecified atom stereocenters. The van der Waals surface area contributed by atoms with Crippen LogP contribution in [0.25, 0.3) is 5.69 Å². The van der Waals surface area contributed by atoms with Gasteiger partial charge in [-0.05, 0) is 68.3 Å². The molecule has 0 saturated carbocycles. The molecule has 1 N–H and O–H groups in total. The minimum Gasteiger partial charge on any atom is -0.316 e. The maximum Gasteiger partial charge on any atom is 0.322 e. The first-order valence-corrected chi connectivity index (χ1v) is 12.2. The lowest BCUT2D eigenvalue weighted by molar-refractivity contribution is -0.119. The number of fused-ring (bicyclic) bond motifs is 3. The minimum atomic E-state index is -0.308. The summed E-state index contributed by atoms with van der Waals surface area (Å²) in [5.74, 6) is -0.142. The predicted octanol–water partition coefficient (Wildman–Crippen LogP) is 6.16. The minimum absolute atomic E-state index is 0.0479.